The van der Waals surface area contributed by atoms with Gasteiger partial charge in [-0.2, -0.15) is 0 Å². The Morgan fingerprint density at radius 3 is 2.56 bits per heavy atom. The highest BCUT2D eigenvalue weighted by Crippen LogP contribution is 2.44. The Hall–Kier alpha value is -3.57. The molecule has 1 unspecified atom stereocenters. The van der Waals surface area contributed by atoms with Crippen LogP contribution in [0.2, 0.25) is 0 Å². The van der Waals surface area contributed by atoms with Crippen LogP contribution in [0.15, 0.2) is 39.7 Å². The van der Waals surface area contributed by atoms with Crippen molar-refractivity contribution in [1.82, 2.24) is 5.32 Å². The average Bonchev–Trinajstić information content (AvgIpc) is 3.19. The van der Waals surface area contributed by atoms with E-state index in [-0.39, 0.29) is 6.61 Å². The van der Waals surface area contributed by atoms with E-state index in [1.54, 1.807) is 18.2 Å². The molecule has 2 N–H and O–H groups in total. The molecule has 4 rings (SSSR count). The maximum atomic E-state index is 12.1. The zero-order valence-electron chi connectivity index (χ0n) is 21.7. The SMILES string of the molecule is Cc1c(C)c2c(c(C)c1OC(=O)/C=C/C(=O)O)CCC(C)(COc1ccc(/C=C3\SC(=O)NC3=O)cc1Br)O2. The van der Waals surface area contributed by atoms with Gasteiger partial charge >= 0.3 is 11.9 Å². The lowest BCUT2D eigenvalue weighted by Crippen LogP contribution is -2.42. The number of imide groups is 1. The Morgan fingerprint density at radius 1 is 1.18 bits per heavy atom. The fourth-order valence-corrected chi connectivity index (χ4v) is 5.53. The van der Waals surface area contributed by atoms with Gasteiger partial charge in [0, 0.05) is 17.7 Å². The van der Waals surface area contributed by atoms with Crippen LogP contribution in [0.25, 0.3) is 6.08 Å². The van der Waals surface area contributed by atoms with E-state index in [9.17, 15) is 19.2 Å². The zero-order valence-corrected chi connectivity index (χ0v) is 24.1. The van der Waals surface area contributed by atoms with E-state index in [4.69, 9.17) is 19.3 Å². The van der Waals surface area contributed by atoms with E-state index in [0.29, 0.717) is 33.7 Å². The van der Waals surface area contributed by atoms with E-state index in [1.165, 1.54) is 0 Å². The standard InChI is InChI=1S/C28H26BrNO8S/c1-14-15(2)25-18(16(3)24(14)37-23(33)8-7-22(31)32)9-10-28(4,38-25)13-36-20-6-5-17(11-19(20)29)12-21-26(34)30-27(35)39-21/h5-8,11-12H,9-10,13H2,1-4H3,(H,31,32)(H,30,34,35)/b8-7+,21-12-. The second-order valence-electron chi connectivity index (χ2n) is 9.49. The first-order chi connectivity index (χ1) is 18.4. The highest BCUT2D eigenvalue weighted by molar-refractivity contribution is 9.10. The van der Waals surface area contributed by atoms with Gasteiger partial charge in [-0.1, -0.05) is 6.07 Å². The highest BCUT2D eigenvalue weighted by Gasteiger charge is 2.36. The van der Waals surface area contributed by atoms with Gasteiger partial charge in [-0.3, -0.25) is 14.9 Å². The van der Waals surface area contributed by atoms with Crippen LogP contribution in [0.5, 0.6) is 17.2 Å². The fraction of sp³-hybridized carbons (Fsp3) is 0.286. The monoisotopic (exact) mass is 615 g/mol. The summed E-state index contributed by atoms with van der Waals surface area (Å²) >= 11 is 4.38. The molecule has 0 aromatic heterocycles. The molecular formula is C28H26BrNO8S. The number of halogens is 1. The number of carboxylic acids is 1. The smallest absolute Gasteiger partial charge is 0.336 e. The molecule has 0 saturated carbocycles. The molecule has 2 heterocycles. The number of benzene rings is 2. The quantitative estimate of drug-likeness (QED) is 0.239. The summed E-state index contributed by atoms with van der Waals surface area (Å²) in [6, 6.07) is 5.40. The molecule has 204 valence electrons. The minimum absolute atomic E-state index is 0.270. The first kappa shape index (κ1) is 28.4. The van der Waals surface area contributed by atoms with Crippen molar-refractivity contribution in [3.63, 3.8) is 0 Å². The number of hydrogen-bond acceptors (Lipinski definition) is 8. The molecule has 2 aromatic rings. The first-order valence-electron chi connectivity index (χ1n) is 12.0. The Labute approximate surface area is 237 Å². The summed E-state index contributed by atoms with van der Waals surface area (Å²) in [4.78, 5) is 46.4. The third-order valence-corrected chi connectivity index (χ3v) is 7.99. The molecular weight excluding hydrogens is 590 g/mol. The number of thioether (sulfide) groups is 1. The fourth-order valence-electron chi connectivity index (χ4n) is 4.34. The van der Waals surface area contributed by atoms with Gasteiger partial charge in [0.25, 0.3) is 11.1 Å². The number of carboxylic acid groups (broad SMARTS) is 1. The van der Waals surface area contributed by atoms with Crippen molar-refractivity contribution < 1.29 is 38.5 Å². The third kappa shape index (κ3) is 6.36. The van der Waals surface area contributed by atoms with Crippen molar-refractivity contribution in [2.24, 2.45) is 0 Å². The number of ether oxygens (including phenoxy) is 3. The summed E-state index contributed by atoms with van der Waals surface area (Å²) in [7, 11) is 0. The van der Waals surface area contributed by atoms with Crippen LogP contribution in [0, 0.1) is 20.8 Å². The van der Waals surface area contributed by atoms with Gasteiger partial charge in [0.1, 0.15) is 29.5 Å². The molecule has 11 heteroatoms. The van der Waals surface area contributed by atoms with Crippen molar-refractivity contribution in [3.8, 4) is 17.2 Å². The minimum Gasteiger partial charge on any atom is -0.488 e. The van der Waals surface area contributed by atoms with E-state index in [1.807, 2.05) is 33.8 Å². The van der Waals surface area contributed by atoms with E-state index < -0.39 is 28.7 Å². The molecule has 0 radical (unpaired) electrons. The molecule has 1 atom stereocenters. The lowest BCUT2D eigenvalue weighted by atomic mass is 9.87. The van der Waals surface area contributed by atoms with Crippen molar-refractivity contribution >= 4 is 56.9 Å². The van der Waals surface area contributed by atoms with E-state index in [2.05, 4.69) is 21.2 Å². The number of nitrogens with one attached hydrogen (secondary N) is 1. The average molecular weight is 616 g/mol. The number of fused-ring (bicyclic) bond motifs is 1. The Bertz CT molecular complexity index is 1460. The molecule has 0 bridgehead atoms. The number of hydrogen-bond donors (Lipinski definition) is 2. The van der Waals surface area contributed by atoms with E-state index >= 15 is 0 Å². The molecule has 0 aliphatic carbocycles. The van der Waals surface area contributed by atoms with Gasteiger partial charge < -0.3 is 19.3 Å². The predicted octanol–water partition coefficient (Wildman–Crippen LogP) is 5.41. The van der Waals surface area contributed by atoms with Crippen LogP contribution in [-0.4, -0.2) is 40.4 Å². The third-order valence-electron chi connectivity index (χ3n) is 6.56. The van der Waals surface area contributed by atoms with E-state index in [0.717, 1.165) is 57.5 Å². The summed E-state index contributed by atoms with van der Waals surface area (Å²) in [5, 5.41) is 10.6. The predicted molar refractivity (Wildman–Crippen MR) is 149 cm³/mol. The van der Waals surface area contributed by atoms with Crippen LogP contribution in [0.3, 0.4) is 0 Å². The normalized spacial score (nSPS) is 19.6. The Balaban J connectivity index is 1.48. The second kappa shape index (κ2) is 11.3. The van der Waals surface area contributed by atoms with Gasteiger partial charge in [0.15, 0.2) is 0 Å². The summed E-state index contributed by atoms with van der Waals surface area (Å²) in [5.74, 6) is -0.660. The van der Waals surface area contributed by atoms with Crippen LogP contribution in [-0.2, 0) is 20.8 Å². The van der Waals surface area contributed by atoms with Crippen molar-refractivity contribution in [1.29, 1.82) is 0 Å². The lowest BCUT2D eigenvalue weighted by Gasteiger charge is -2.38. The number of aliphatic carboxylic acids is 1. The van der Waals surface area contributed by atoms with Crippen LogP contribution in [0.4, 0.5) is 4.79 Å². The molecule has 2 aliphatic rings. The maximum absolute atomic E-state index is 12.1. The lowest BCUT2D eigenvalue weighted by molar-refractivity contribution is -0.133. The van der Waals surface area contributed by atoms with Gasteiger partial charge in [0.05, 0.1) is 9.38 Å². The largest absolute Gasteiger partial charge is 0.488 e. The number of carbonyl (C=O) groups is 4. The maximum Gasteiger partial charge on any atom is 0.336 e. The number of esters is 1. The first-order valence-corrected chi connectivity index (χ1v) is 13.6. The molecule has 2 aliphatic heterocycles. The van der Waals surface area contributed by atoms with Crippen LogP contribution in [0.1, 0.15) is 41.2 Å². The number of amides is 2. The Morgan fingerprint density at radius 2 is 1.92 bits per heavy atom. The molecule has 9 nitrogen and oxygen atoms in total. The highest BCUT2D eigenvalue weighted by atomic mass is 79.9. The van der Waals surface area contributed by atoms with Crippen LogP contribution < -0.4 is 19.5 Å². The van der Waals surface area contributed by atoms with Crippen molar-refractivity contribution in [3.05, 3.63) is 67.5 Å². The number of carbonyl (C=O) groups excluding carboxylic acids is 3. The summed E-state index contributed by atoms with van der Waals surface area (Å²) in [5.41, 5.74) is 3.39. The molecule has 1 fully saturated rings. The van der Waals surface area contributed by atoms with Gasteiger partial charge in [-0.25, -0.2) is 9.59 Å². The zero-order chi connectivity index (χ0) is 28.5. The Kier molecular flexibility index (Phi) is 8.22. The van der Waals surface area contributed by atoms with Gasteiger partial charge in [0.2, 0.25) is 0 Å². The summed E-state index contributed by atoms with van der Waals surface area (Å²) in [6.07, 6.45) is 4.59. The molecule has 2 amide bonds. The van der Waals surface area contributed by atoms with Gasteiger partial charge in [-0.05, 0) is 109 Å². The van der Waals surface area contributed by atoms with Crippen molar-refractivity contribution in [2.45, 2.75) is 46.1 Å². The molecule has 39 heavy (non-hydrogen) atoms. The summed E-state index contributed by atoms with van der Waals surface area (Å²) in [6.45, 7) is 7.83. The minimum atomic E-state index is -1.23. The van der Waals surface area contributed by atoms with Crippen LogP contribution >= 0.6 is 27.7 Å². The number of rotatable bonds is 7. The molecule has 2 aromatic carbocycles. The topological polar surface area (TPSA) is 128 Å². The van der Waals surface area contributed by atoms with Gasteiger partial charge in [-0.15, -0.1) is 0 Å². The molecule has 1 saturated heterocycles. The summed E-state index contributed by atoms with van der Waals surface area (Å²) < 4.78 is 18.8. The molecule has 0 spiro atoms. The van der Waals surface area contributed by atoms with Crippen molar-refractivity contribution in [2.75, 3.05) is 6.61 Å². The second-order valence-corrected chi connectivity index (χ2v) is 11.4.